The van der Waals surface area contributed by atoms with Crippen LogP contribution in [0, 0.1) is 0 Å². The van der Waals surface area contributed by atoms with E-state index in [1.54, 1.807) is 5.38 Å². The van der Waals surface area contributed by atoms with Gasteiger partial charge in [0.05, 0.1) is 6.61 Å². The standard InChI is InChI=1S/C19H24N2O4S/c1-2-24-17-12-14(18-20-15(13-26-18)19(22)23)6-7-16(17)25-11-10-21-8-4-3-5-9-21/h6-7,12-13H,2-5,8-11H2,1H3,(H,22,23). The topological polar surface area (TPSA) is 71.9 Å². The van der Waals surface area contributed by atoms with Gasteiger partial charge in [0.2, 0.25) is 0 Å². The first kappa shape index (κ1) is 18.7. The van der Waals surface area contributed by atoms with Crippen molar-refractivity contribution in [3.63, 3.8) is 0 Å². The van der Waals surface area contributed by atoms with Crippen molar-refractivity contribution in [3.8, 4) is 22.1 Å². The van der Waals surface area contributed by atoms with Gasteiger partial charge < -0.3 is 14.6 Å². The lowest BCUT2D eigenvalue weighted by molar-refractivity contribution is 0.0691. The maximum atomic E-state index is 11.0. The van der Waals surface area contributed by atoms with Crippen molar-refractivity contribution in [1.29, 1.82) is 0 Å². The molecule has 1 N–H and O–H groups in total. The van der Waals surface area contributed by atoms with Crippen molar-refractivity contribution in [2.45, 2.75) is 26.2 Å². The van der Waals surface area contributed by atoms with E-state index in [-0.39, 0.29) is 5.69 Å². The Balaban J connectivity index is 1.68. The summed E-state index contributed by atoms with van der Waals surface area (Å²) in [5.74, 6) is 0.355. The Kier molecular flexibility index (Phi) is 6.46. The molecule has 0 unspecified atom stereocenters. The van der Waals surface area contributed by atoms with Gasteiger partial charge in [-0.05, 0) is 51.1 Å². The second-order valence-electron chi connectivity index (χ2n) is 6.19. The fourth-order valence-electron chi connectivity index (χ4n) is 3.00. The molecule has 26 heavy (non-hydrogen) atoms. The molecule has 1 aromatic carbocycles. The van der Waals surface area contributed by atoms with E-state index in [1.807, 2.05) is 25.1 Å². The number of thiazole rings is 1. The molecule has 0 bridgehead atoms. The molecule has 1 fully saturated rings. The van der Waals surface area contributed by atoms with Crippen molar-refractivity contribution in [2.75, 3.05) is 32.8 Å². The van der Waals surface area contributed by atoms with Gasteiger partial charge in [-0.25, -0.2) is 9.78 Å². The molecular weight excluding hydrogens is 352 g/mol. The molecule has 0 atom stereocenters. The van der Waals surface area contributed by atoms with Gasteiger partial charge in [0.15, 0.2) is 17.2 Å². The Morgan fingerprint density at radius 1 is 1.23 bits per heavy atom. The normalized spacial score (nSPS) is 15.0. The first-order valence-corrected chi connectivity index (χ1v) is 9.86. The number of rotatable bonds is 8. The van der Waals surface area contributed by atoms with Gasteiger partial charge in [-0.2, -0.15) is 0 Å². The van der Waals surface area contributed by atoms with E-state index in [0.717, 1.165) is 25.2 Å². The summed E-state index contributed by atoms with van der Waals surface area (Å²) in [6.45, 7) is 6.30. The average molecular weight is 376 g/mol. The van der Waals surface area contributed by atoms with Crippen LogP contribution in [-0.4, -0.2) is 53.8 Å². The van der Waals surface area contributed by atoms with Crippen molar-refractivity contribution < 1.29 is 19.4 Å². The van der Waals surface area contributed by atoms with Gasteiger partial charge in [-0.1, -0.05) is 6.42 Å². The van der Waals surface area contributed by atoms with E-state index in [1.165, 1.54) is 30.6 Å². The van der Waals surface area contributed by atoms with Crippen molar-refractivity contribution in [3.05, 3.63) is 29.3 Å². The van der Waals surface area contributed by atoms with Crippen molar-refractivity contribution in [1.82, 2.24) is 9.88 Å². The summed E-state index contributed by atoms with van der Waals surface area (Å²) in [5, 5.41) is 11.2. The summed E-state index contributed by atoms with van der Waals surface area (Å²) < 4.78 is 11.7. The number of likely N-dealkylation sites (tertiary alicyclic amines) is 1. The zero-order valence-electron chi connectivity index (χ0n) is 14.9. The van der Waals surface area contributed by atoms with E-state index in [0.29, 0.717) is 29.7 Å². The van der Waals surface area contributed by atoms with Gasteiger partial charge in [0.1, 0.15) is 11.6 Å². The molecule has 2 heterocycles. The zero-order chi connectivity index (χ0) is 18.4. The molecule has 6 nitrogen and oxygen atoms in total. The van der Waals surface area contributed by atoms with Crippen molar-refractivity contribution in [2.24, 2.45) is 0 Å². The summed E-state index contributed by atoms with van der Waals surface area (Å²) in [7, 11) is 0. The summed E-state index contributed by atoms with van der Waals surface area (Å²) >= 11 is 1.31. The highest BCUT2D eigenvalue weighted by Crippen LogP contribution is 2.34. The van der Waals surface area contributed by atoms with Gasteiger partial charge in [-0.15, -0.1) is 11.3 Å². The third kappa shape index (κ3) is 4.74. The molecule has 0 amide bonds. The Labute approximate surface area is 157 Å². The summed E-state index contributed by atoms with van der Waals surface area (Å²) in [6.07, 6.45) is 3.86. The third-order valence-electron chi connectivity index (χ3n) is 4.33. The van der Waals surface area contributed by atoms with Crippen LogP contribution in [0.2, 0.25) is 0 Å². The highest BCUT2D eigenvalue weighted by molar-refractivity contribution is 7.13. The summed E-state index contributed by atoms with van der Waals surface area (Å²) in [5.41, 5.74) is 0.888. The van der Waals surface area contributed by atoms with Gasteiger partial charge in [-0.3, -0.25) is 4.90 Å². The molecule has 7 heteroatoms. The van der Waals surface area contributed by atoms with Crippen LogP contribution in [0.5, 0.6) is 11.5 Å². The second kappa shape index (κ2) is 9.00. The van der Waals surface area contributed by atoms with Gasteiger partial charge >= 0.3 is 5.97 Å². The first-order valence-electron chi connectivity index (χ1n) is 8.98. The average Bonchev–Trinajstić information content (AvgIpc) is 3.14. The molecule has 1 aliphatic rings. The second-order valence-corrected chi connectivity index (χ2v) is 7.05. The molecule has 3 rings (SSSR count). The minimum absolute atomic E-state index is 0.0600. The minimum atomic E-state index is -1.02. The number of ether oxygens (including phenoxy) is 2. The molecule has 1 aromatic heterocycles. The molecular formula is C19H24N2O4S. The molecule has 1 aliphatic heterocycles. The first-order chi connectivity index (χ1) is 12.7. The number of carboxylic acids is 1. The molecule has 0 spiro atoms. The lowest BCUT2D eigenvalue weighted by Crippen LogP contribution is -2.33. The van der Waals surface area contributed by atoms with Gasteiger partial charge in [0, 0.05) is 17.5 Å². The van der Waals surface area contributed by atoms with E-state index in [9.17, 15) is 4.79 Å². The largest absolute Gasteiger partial charge is 0.490 e. The third-order valence-corrected chi connectivity index (χ3v) is 5.22. The number of aromatic nitrogens is 1. The molecule has 0 saturated carbocycles. The lowest BCUT2D eigenvalue weighted by atomic mass is 10.1. The number of hydrogen-bond acceptors (Lipinski definition) is 6. The highest BCUT2D eigenvalue weighted by atomic mass is 32.1. The molecule has 1 saturated heterocycles. The maximum absolute atomic E-state index is 11.0. The van der Waals surface area contributed by atoms with E-state index in [4.69, 9.17) is 14.6 Å². The number of aromatic carboxylic acids is 1. The number of nitrogens with zero attached hydrogens (tertiary/aromatic N) is 2. The fraction of sp³-hybridized carbons (Fsp3) is 0.474. The molecule has 140 valence electrons. The van der Waals surface area contributed by atoms with Crippen LogP contribution in [0.4, 0.5) is 0 Å². The van der Waals surface area contributed by atoms with E-state index in [2.05, 4.69) is 9.88 Å². The fourth-order valence-corrected chi connectivity index (χ4v) is 3.79. The van der Waals surface area contributed by atoms with Crippen LogP contribution in [0.3, 0.4) is 0 Å². The van der Waals surface area contributed by atoms with E-state index >= 15 is 0 Å². The predicted molar refractivity (Wildman–Crippen MR) is 101 cm³/mol. The Morgan fingerprint density at radius 2 is 2.04 bits per heavy atom. The van der Waals surface area contributed by atoms with Crippen LogP contribution in [-0.2, 0) is 0 Å². The predicted octanol–water partition coefficient (Wildman–Crippen LogP) is 3.77. The summed E-state index contributed by atoms with van der Waals surface area (Å²) in [4.78, 5) is 17.6. The van der Waals surface area contributed by atoms with E-state index < -0.39 is 5.97 Å². The Hall–Kier alpha value is -2.12. The number of carboxylic acid groups (broad SMARTS) is 1. The Morgan fingerprint density at radius 3 is 2.73 bits per heavy atom. The monoisotopic (exact) mass is 376 g/mol. The lowest BCUT2D eigenvalue weighted by Gasteiger charge is -2.26. The van der Waals surface area contributed by atoms with Gasteiger partial charge in [0.25, 0.3) is 0 Å². The molecule has 0 radical (unpaired) electrons. The quantitative estimate of drug-likeness (QED) is 0.756. The highest BCUT2D eigenvalue weighted by Gasteiger charge is 2.14. The van der Waals surface area contributed by atoms with Crippen LogP contribution in [0.1, 0.15) is 36.7 Å². The summed E-state index contributed by atoms with van der Waals surface area (Å²) in [6, 6.07) is 5.63. The maximum Gasteiger partial charge on any atom is 0.355 e. The number of carbonyl (C=O) groups is 1. The number of benzene rings is 1. The number of hydrogen-bond donors (Lipinski definition) is 1. The Bertz CT molecular complexity index is 741. The zero-order valence-corrected chi connectivity index (χ0v) is 15.8. The van der Waals surface area contributed by atoms with Crippen LogP contribution >= 0.6 is 11.3 Å². The van der Waals surface area contributed by atoms with Crippen LogP contribution in [0.25, 0.3) is 10.6 Å². The van der Waals surface area contributed by atoms with Crippen molar-refractivity contribution >= 4 is 17.3 Å². The molecule has 0 aliphatic carbocycles. The SMILES string of the molecule is CCOc1cc(-c2nc(C(=O)O)cs2)ccc1OCCN1CCCCC1. The smallest absolute Gasteiger partial charge is 0.355 e. The van der Waals surface area contributed by atoms with Crippen LogP contribution in [0.15, 0.2) is 23.6 Å². The minimum Gasteiger partial charge on any atom is -0.490 e. The number of piperidine rings is 1. The molecule has 2 aromatic rings. The van der Waals surface area contributed by atoms with Crippen LogP contribution < -0.4 is 9.47 Å².